The second-order valence-corrected chi connectivity index (χ2v) is 3.82. The van der Waals surface area contributed by atoms with Crippen LogP contribution in [0.2, 0.25) is 0 Å². The number of likely N-dealkylation sites (N-methyl/N-ethyl adjacent to an activating group) is 1. The van der Waals surface area contributed by atoms with Crippen LogP contribution in [-0.2, 0) is 11.2 Å². The SMILES string of the molecule is CC1=C(Cc2ccc(O)cc2)N(C)CO1. The van der Waals surface area contributed by atoms with Crippen LogP contribution in [0.4, 0.5) is 0 Å². The van der Waals surface area contributed by atoms with E-state index >= 15 is 0 Å². The molecule has 80 valence electrons. The summed E-state index contributed by atoms with van der Waals surface area (Å²) in [4.78, 5) is 2.10. The summed E-state index contributed by atoms with van der Waals surface area (Å²) in [6.07, 6.45) is 0.850. The van der Waals surface area contributed by atoms with Crippen molar-refractivity contribution in [2.45, 2.75) is 13.3 Å². The van der Waals surface area contributed by atoms with Gasteiger partial charge >= 0.3 is 0 Å². The van der Waals surface area contributed by atoms with E-state index < -0.39 is 0 Å². The normalized spacial score (nSPS) is 15.7. The van der Waals surface area contributed by atoms with Gasteiger partial charge in [-0.15, -0.1) is 0 Å². The number of phenolic OH excluding ortho intramolecular Hbond substituents is 1. The molecule has 1 aromatic rings. The van der Waals surface area contributed by atoms with Crippen LogP contribution in [0.5, 0.6) is 5.75 Å². The lowest BCUT2D eigenvalue weighted by Gasteiger charge is -2.13. The zero-order chi connectivity index (χ0) is 10.8. The number of ether oxygens (including phenoxy) is 1. The van der Waals surface area contributed by atoms with Gasteiger partial charge in [-0.3, -0.25) is 0 Å². The van der Waals surface area contributed by atoms with E-state index in [2.05, 4.69) is 4.90 Å². The van der Waals surface area contributed by atoms with Gasteiger partial charge in [0.25, 0.3) is 0 Å². The Morgan fingerprint density at radius 1 is 1.33 bits per heavy atom. The molecule has 0 fully saturated rings. The number of hydrogen-bond donors (Lipinski definition) is 1. The smallest absolute Gasteiger partial charge is 0.160 e. The van der Waals surface area contributed by atoms with Crippen molar-refractivity contribution in [2.24, 2.45) is 0 Å². The number of aromatic hydroxyl groups is 1. The Balaban J connectivity index is 2.15. The molecule has 2 rings (SSSR count). The fraction of sp³-hybridized carbons (Fsp3) is 0.333. The highest BCUT2D eigenvalue weighted by Gasteiger charge is 2.17. The van der Waals surface area contributed by atoms with Gasteiger partial charge in [0.15, 0.2) is 6.73 Å². The van der Waals surface area contributed by atoms with Crippen LogP contribution >= 0.6 is 0 Å². The molecule has 1 N–H and O–H groups in total. The van der Waals surface area contributed by atoms with E-state index in [1.165, 1.54) is 11.3 Å². The van der Waals surface area contributed by atoms with Crippen molar-refractivity contribution in [2.75, 3.05) is 13.8 Å². The first-order valence-electron chi connectivity index (χ1n) is 4.98. The number of rotatable bonds is 2. The molecule has 0 saturated heterocycles. The summed E-state index contributed by atoms with van der Waals surface area (Å²) in [5.74, 6) is 1.30. The predicted octanol–water partition coefficient (Wildman–Crippen LogP) is 2.09. The van der Waals surface area contributed by atoms with E-state index in [0.29, 0.717) is 12.5 Å². The highest BCUT2D eigenvalue weighted by atomic mass is 16.5. The molecule has 3 heteroatoms. The second kappa shape index (κ2) is 3.85. The Morgan fingerprint density at radius 3 is 2.53 bits per heavy atom. The molecule has 1 aromatic carbocycles. The lowest BCUT2D eigenvalue weighted by Crippen LogP contribution is -2.15. The van der Waals surface area contributed by atoms with Crippen LogP contribution in [0.25, 0.3) is 0 Å². The molecular weight excluding hydrogens is 190 g/mol. The lowest BCUT2D eigenvalue weighted by atomic mass is 10.1. The third kappa shape index (κ3) is 2.06. The van der Waals surface area contributed by atoms with Crippen LogP contribution < -0.4 is 0 Å². The van der Waals surface area contributed by atoms with E-state index in [9.17, 15) is 5.11 Å². The maximum absolute atomic E-state index is 9.17. The number of phenols is 1. The van der Waals surface area contributed by atoms with Gasteiger partial charge < -0.3 is 14.7 Å². The molecule has 0 atom stereocenters. The van der Waals surface area contributed by atoms with Crippen LogP contribution in [0.3, 0.4) is 0 Å². The number of nitrogens with zero attached hydrogens (tertiary/aromatic N) is 1. The van der Waals surface area contributed by atoms with Gasteiger partial charge in [-0.2, -0.15) is 0 Å². The minimum Gasteiger partial charge on any atom is -0.508 e. The molecule has 0 bridgehead atoms. The molecule has 3 nitrogen and oxygen atoms in total. The number of allylic oxidation sites excluding steroid dienone is 2. The first-order valence-corrected chi connectivity index (χ1v) is 4.98. The topological polar surface area (TPSA) is 32.7 Å². The van der Waals surface area contributed by atoms with Gasteiger partial charge in [0.1, 0.15) is 11.5 Å². The average molecular weight is 205 g/mol. The quantitative estimate of drug-likeness (QED) is 0.802. The molecule has 0 unspecified atom stereocenters. The van der Waals surface area contributed by atoms with Gasteiger partial charge in [0.05, 0.1) is 5.70 Å². The van der Waals surface area contributed by atoms with Crippen LogP contribution in [0, 0.1) is 0 Å². The molecular formula is C12H15NO2. The zero-order valence-corrected chi connectivity index (χ0v) is 9.03. The summed E-state index contributed by atoms with van der Waals surface area (Å²) in [5.41, 5.74) is 2.39. The molecule has 0 radical (unpaired) electrons. The van der Waals surface area contributed by atoms with E-state index in [-0.39, 0.29) is 0 Å². The maximum atomic E-state index is 9.17. The van der Waals surface area contributed by atoms with Gasteiger partial charge in [0, 0.05) is 13.5 Å². The Bertz CT molecular complexity index is 381. The Morgan fingerprint density at radius 2 is 2.00 bits per heavy atom. The van der Waals surface area contributed by atoms with E-state index in [4.69, 9.17) is 4.74 Å². The third-order valence-electron chi connectivity index (χ3n) is 2.65. The summed E-state index contributed by atoms with van der Waals surface area (Å²) in [7, 11) is 2.02. The Kier molecular flexibility index (Phi) is 2.54. The van der Waals surface area contributed by atoms with Gasteiger partial charge in [-0.1, -0.05) is 12.1 Å². The summed E-state index contributed by atoms with van der Waals surface area (Å²) in [6, 6.07) is 7.28. The fourth-order valence-corrected chi connectivity index (χ4v) is 1.69. The molecule has 15 heavy (non-hydrogen) atoms. The van der Waals surface area contributed by atoms with Gasteiger partial charge in [0.2, 0.25) is 0 Å². The van der Waals surface area contributed by atoms with Crippen molar-refractivity contribution in [3.8, 4) is 5.75 Å². The molecule has 0 spiro atoms. The predicted molar refractivity (Wildman–Crippen MR) is 58.2 cm³/mol. The van der Waals surface area contributed by atoms with E-state index in [0.717, 1.165) is 12.2 Å². The monoisotopic (exact) mass is 205 g/mol. The summed E-state index contributed by atoms with van der Waals surface area (Å²) in [6.45, 7) is 2.62. The average Bonchev–Trinajstić information content (AvgIpc) is 2.53. The second-order valence-electron chi connectivity index (χ2n) is 3.82. The molecule has 0 amide bonds. The lowest BCUT2D eigenvalue weighted by molar-refractivity contribution is 0.167. The minimum absolute atomic E-state index is 0.306. The third-order valence-corrected chi connectivity index (χ3v) is 2.65. The van der Waals surface area contributed by atoms with Crippen LogP contribution in [0.1, 0.15) is 12.5 Å². The molecule has 0 saturated carbocycles. The summed E-state index contributed by atoms with van der Waals surface area (Å²) in [5, 5.41) is 9.17. The molecule has 0 aliphatic carbocycles. The van der Waals surface area contributed by atoms with Crippen LogP contribution in [0.15, 0.2) is 35.7 Å². The highest BCUT2D eigenvalue weighted by Crippen LogP contribution is 2.22. The molecule has 1 aliphatic heterocycles. The first-order chi connectivity index (χ1) is 7.16. The summed E-state index contributed by atoms with van der Waals surface area (Å²) < 4.78 is 5.43. The summed E-state index contributed by atoms with van der Waals surface area (Å²) >= 11 is 0. The van der Waals surface area contributed by atoms with Crippen molar-refractivity contribution in [3.05, 3.63) is 41.3 Å². The van der Waals surface area contributed by atoms with Crippen molar-refractivity contribution in [1.29, 1.82) is 0 Å². The number of benzene rings is 1. The van der Waals surface area contributed by atoms with Crippen molar-refractivity contribution in [1.82, 2.24) is 4.90 Å². The highest BCUT2D eigenvalue weighted by molar-refractivity contribution is 5.29. The van der Waals surface area contributed by atoms with Crippen molar-refractivity contribution in [3.63, 3.8) is 0 Å². The number of hydrogen-bond acceptors (Lipinski definition) is 3. The van der Waals surface area contributed by atoms with Crippen LogP contribution in [-0.4, -0.2) is 23.8 Å². The standard InChI is InChI=1S/C12H15NO2/c1-9-12(13(2)8-15-9)7-10-3-5-11(14)6-4-10/h3-6,14H,7-8H2,1-2H3. The van der Waals surface area contributed by atoms with Gasteiger partial charge in [-0.25, -0.2) is 0 Å². The van der Waals surface area contributed by atoms with Crippen molar-refractivity contribution < 1.29 is 9.84 Å². The largest absolute Gasteiger partial charge is 0.508 e. The van der Waals surface area contributed by atoms with Gasteiger partial charge in [-0.05, 0) is 24.6 Å². The Labute approximate surface area is 89.6 Å². The first kappa shape index (κ1) is 9.90. The zero-order valence-electron chi connectivity index (χ0n) is 9.03. The van der Waals surface area contributed by atoms with E-state index in [1.807, 2.05) is 26.1 Å². The van der Waals surface area contributed by atoms with E-state index in [1.54, 1.807) is 12.1 Å². The van der Waals surface area contributed by atoms with Crippen molar-refractivity contribution >= 4 is 0 Å². The molecule has 1 heterocycles. The maximum Gasteiger partial charge on any atom is 0.160 e. The molecule has 1 aliphatic rings. The minimum atomic E-state index is 0.306. The fourth-order valence-electron chi connectivity index (χ4n) is 1.69. The Hall–Kier alpha value is -1.64. The molecule has 0 aromatic heterocycles.